The van der Waals surface area contributed by atoms with Crippen LogP contribution in [-0.2, 0) is 20.0 Å². The molecule has 0 unspecified atom stereocenters. The first-order valence-electron chi connectivity index (χ1n) is 8.23. The molecule has 0 atom stereocenters. The quantitative estimate of drug-likeness (QED) is 0.540. The summed E-state index contributed by atoms with van der Waals surface area (Å²) in [5, 5.41) is 11.9. The molecule has 2 N–H and O–H groups in total. The van der Waals surface area contributed by atoms with Crippen LogP contribution < -0.4 is 10.6 Å². The van der Waals surface area contributed by atoms with E-state index in [-0.39, 0.29) is 0 Å². The van der Waals surface area contributed by atoms with Crippen LogP contribution in [0.4, 0.5) is 0 Å². The second-order valence-corrected chi connectivity index (χ2v) is 5.57. The van der Waals surface area contributed by atoms with E-state index >= 15 is 0 Å². The lowest BCUT2D eigenvalue weighted by Gasteiger charge is -2.10. The van der Waals surface area contributed by atoms with Gasteiger partial charge in [-0.15, -0.1) is 0 Å². The Kier molecular flexibility index (Phi) is 5.15. The standard InChI is InChI=1S/C18H23N5O/c1-3-19-18(21-13-15-8-11-22-23(15)2)20-10-9-16-12-14-6-4-5-7-17(14)24-16/h4-8,11-12H,3,9-10,13H2,1-2H3,(H2,19,20,21). The van der Waals surface area contributed by atoms with Crippen LogP contribution in [0.25, 0.3) is 11.0 Å². The number of benzene rings is 1. The minimum Gasteiger partial charge on any atom is -0.461 e. The number of aliphatic imine (C=N–C) groups is 1. The summed E-state index contributed by atoms with van der Waals surface area (Å²) in [6, 6.07) is 12.1. The van der Waals surface area contributed by atoms with Crippen LogP contribution in [0.1, 0.15) is 18.4 Å². The highest BCUT2D eigenvalue weighted by Crippen LogP contribution is 2.18. The average molecular weight is 325 g/mol. The smallest absolute Gasteiger partial charge is 0.191 e. The van der Waals surface area contributed by atoms with E-state index in [1.807, 2.05) is 36.0 Å². The minimum atomic E-state index is 0.594. The third kappa shape index (κ3) is 3.95. The van der Waals surface area contributed by atoms with Crippen molar-refractivity contribution in [1.29, 1.82) is 0 Å². The molecule has 0 radical (unpaired) electrons. The SMILES string of the molecule is CCNC(=NCc1ccnn1C)NCCc1cc2ccccc2o1. The molecule has 0 spiro atoms. The number of nitrogens with one attached hydrogen (secondary N) is 2. The van der Waals surface area contributed by atoms with Gasteiger partial charge in [0.05, 0.1) is 12.2 Å². The molecule has 0 fully saturated rings. The fraction of sp³-hybridized carbons (Fsp3) is 0.333. The largest absolute Gasteiger partial charge is 0.461 e. The second-order valence-electron chi connectivity index (χ2n) is 5.57. The lowest BCUT2D eigenvalue weighted by atomic mass is 10.2. The number of aromatic nitrogens is 2. The van der Waals surface area contributed by atoms with Gasteiger partial charge in [0.25, 0.3) is 0 Å². The van der Waals surface area contributed by atoms with Gasteiger partial charge in [-0.3, -0.25) is 4.68 Å². The van der Waals surface area contributed by atoms with Crippen molar-refractivity contribution in [3.63, 3.8) is 0 Å². The maximum absolute atomic E-state index is 5.83. The van der Waals surface area contributed by atoms with E-state index in [0.29, 0.717) is 6.54 Å². The number of furan rings is 1. The molecule has 1 aromatic carbocycles. The van der Waals surface area contributed by atoms with E-state index < -0.39 is 0 Å². The summed E-state index contributed by atoms with van der Waals surface area (Å²) >= 11 is 0. The predicted molar refractivity (Wildman–Crippen MR) is 95.9 cm³/mol. The van der Waals surface area contributed by atoms with Crippen LogP contribution >= 0.6 is 0 Å². The Morgan fingerprint density at radius 2 is 2.12 bits per heavy atom. The zero-order chi connectivity index (χ0) is 16.8. The molecule has 0 saturated carbocycles. The Balaban J connectivity index is 1.56. The van der Waals surface area contributed by atoms with E-state index in [1.165, 1.54) is 0 Å². The third-order valence-electron chi connectivity index (χ3n) is 3.81. The van der Waals surface area contributed by atoms with Crippen LogP contribution in [-0.4, -0.2) is 28.8 Å². The van der Waals surface area contributed by atoms with Crippen molar-refractivity contribution in [3.05, 3.63) is 54.0 Å². The number of para-hydroxylation sites is 1. The molecular formula is C18H23N5O. The number of nitrogens with zero attached hydrogens (tertiary/aromatic N) is 3. The predicted octanol–water partition coefficient (Wildman–Crippen LogP) is 2.46. The first kappa shape index (κ1) is 16.1. The van der Waals surface area contributed by atoms with Crippen molar-refractivity contribution < 1.29 is 4.42 Å². The van der Waals surface area contributed by atoms with Gasteiger partial charge in [0, 0.05) is 38.1 Å². The molecular weight excluding hydrogens is 302 g/mol. The van der Waals surface area contributed by atoms with Crippen LogP contribution in [0.5, 0.6) is 0 Å². The van der Waals surface area contributed by atoms with Gasteiger partial charge in [0.1, 0.15) is 11.3 Å². The number of hydrogen-bond acceptors (Lipinski definition) is 3. The fourth-order valence-corrected chi connectivity index (χ4v) is 2.52. The zero-order valence-corrected chi connectivity index (χ0v) is 14.1. The maximum atomic E-state index is 5.83. The van der Waals surface area contributed by atoms with Gasteiger partial charge in [-0.05, 0) is 25.1 Å². The topological polar surface area (TPSA) is 67.4 Å². The molecule has 0 saturated heterocycles. The average Bonchev–Trinajstić information content (AvgIpc) is 3.18. The zero-order valence-electron chi connectivity index (χ0n) is 14.1. The summed E-state index contributed by atoms with van der Waals surface area (Å²) in [5.74, 6) is 1.78. The van der Waals surface area contributed by atoms with Gasteiger partial charge in [-0.2, -0.15) is 5.10 Å². The number of guanidine groups is 1. The van der Waals surface area contributed by atoms with Crippen LogP contribution in [0.15, 0.2) is 52.0 Å². The van der Waals surface area contributed by atoms with Crippen molar-refractivity contribution in [2.45, 2.75) is 19.9 Å². The fourth-order valence-electron chi connectivity index (χ4n) is 2.52. The summed E-state index contributed by atoms with van der Waals surface area (Å²) in [6.07, 6.45) is 2.59. The highest BCUT2D eigenvalue weighted by molar-refractivity contribution is 5.80. The second kappa shape index (κ2) is 7.68. The highest BCUT2D eigenvalue weighted by atomic mass is 16.3. The molecule has 0 bridgehead atoms. The Morgan fingerprint density at radius 1 is 1.25 bits per heavy atom. The Bertz CT molecular complexity index is 785. The van der Waals surface area contributed by atoms with Gasteiger partial charge in [-0.1, -0.05) is 18.2 Å². The molecule has 2 heterocycles. The maximum Gasteiger partial charge on any atom is 0.191 e. The molecule has 0 aliphatic heterocycles. The van der Waals surface area contributed by atoms with Crippen LogP contribution in [0.2, 0.25) is 0 Å². The van der Waals surface area contributed by atoms with Crippen LogP contribution in [0.3, 0.4) is 0 Å². The molecule has 3 aromatic rings. The van der Waals surface area contributed by atoms with E-state index in [9.17, 15) is 0 Å². The number of rotatable bonds is 6. The van der Waals surface area contributed by atoms with E-state index in [4.69, 9.17) is 4.42 Å². The van der Waals surface area contributed by atoms with E-state index in [1.54, 1.807) is 6.20 Å². The summed E-state index contributed by atoms with van der Waals surface area (Å²) in [7, 11) is 1.92. The first-order chi connectivity index (χ1) is 11.8. The normalized spacial score (nSPS) is 11.8. The molecule has 2 aromatic heterocycles. The number of fused-ring (bicyclic) bond motifs is 1. The summed E-state index contributed by atoms with van der Waals surface area (Å²) in [5.41, 5.74) is 2.01. The van der Waals surface area contributed by atoms with Crippen molar-refractivity contribution in [3.8, 4) is 0 Å². The number of hydrogen-bond donors (Lipinski definition) is 2. The van der Waals surface area contributed by atoms with Crippen molar-refractivity contribution in [1.82, 2.24) is 20.4 Å². The molecule has 0 aliphatic carbocycles. The minimum absolute atomic E-state index is 0.594. The molecule has 24 heavy (non-hydrogen) atoms. The van der Waals surface area contributed by atoms with E-state index in [0.717, 1.165) is 47.9 Å². The number of aryl methyl sites for hydroxylation is 1. The Morgan fingerprint density at radius 3 is 2.88 bits per heavy atom. The lowest BCUT2D eigenvalue weighted by Crippen LogP contribution is -2.38. The third-order valence-corrected chi connectivity index (χ3v) is 3.81. The molecule has 6 heteroatoms. The summed E-state index contributed by atoms with van der Waals surface area (Å²) in [4.78, 5) is 4.59. The van der Waals surface area contributed by atoms with E-state index in [2.05, 4.69) is 39.8 Å². The van der Waals surface area contributed by atoms with Crippen molar-refractivity contribution in [2.75, 3.05) is 13.1 Å². The molecule has 3 rings (SSSR count). The van der Waals surface area contributed by atoms with Gasteiger partial charge >= 0.3 is 0 Å². The van der Waals surface area contributed by atoms with Crippen molar-refractivity contribution >= 4 is 16.9 Å². The van der Waals surface area contributed by atoms with Crippen LogP contribution in [0, 0.1) is 0 Å². The van der Waals surface area contributed by atoms with Gasteiger partial charge in [0.2, 0.25) is 0 Å². The monoisotopic (exact) mass is 325 g/mol. The molecule has 6 nitrogen and oxygen atoms in total. The highest BCUT2D eigenvalue weighted by Gasteiger charge is 2.04. The molecule has 0 aliphatic rings. The van der Waals surface area contributed by atoms with Gasteiger partial charge in [0.15, 0.2) is 5.96 Å². The molecule has 0 amide bonds. The van der Waals surface area contributed by atoms with Gasteiger partial charge < -0.3 is 15.1 Å². The lowest BCUT2D eigenvalue weighted by molar-refractivity contribution is 0.544. The molecule has 126 valence electrons. The summed E-state index contributed by atoms with van der Waals surface area (Å²) in [6.45, 7) is 4.23. The van der Waals surface area contributed by atoms with Crippen molar-refractivity contribution in [2.24, 2.45) is 12.0 Å². The summed E-state index contributed by atoms with van der Waals surface area (Å²) < 4.78 is 7.67. The Hall–Kier alpha value is -2.76. The first-order valence-corrected chi connectivity index (χ1v) is 8.23. The van der Waals surface area contributed by atoms with Gasteiger partial charge in [-0.25, -0.2) is 4.99 Å². The Labute approximate surface area is 141 Å².